The van der Waals surface area contributed by atoms with E-state index in [4.69, 9.17) is 11.6 Å². The highest BCUT2D eigenvalue weighted by molar-refractivity contribution is 7.79. The van der Waals surface area contributed by atoms with Gasteiger partial charge >= 0.3 is 0 Å². The van der Waals surface area contributed by atoms with E-state index < -0.39 is 0 Å². The zero-order chi connectivity index (χ0) is 7.40. The van der Waals surface area contributed by atoms with Gasteiger partial charge in [0.2, 0.25) is 0 Å². The Kier molecular flexibility index (Phi) is 3.10. The molecule has 0 saturated carbocycles. The van der Waals surface area contributed by atoms with E-state index in [0.717, 1.165) is 11.3 Å². The Morgan fingerprint density at radius 2 is 2.00 bits per heavy atom. The summed E-state index contributed by atoms with van der Waals surface area (Å²) in [5, 5.41) is 0. The van der Waals surface area contributed by atoms with E-state index in [9.17, 15) is 0 Å². The van der Waals surface area contributed by atoms with Crippen LogP contribution in [-0.4, -0.2) is 0 Å². The molecule has 0 aliphatic carbocycles. The van der Waals surface area contributed by atoms with Crippen molar-refractivity contribution in [1.82, 2.24) is 0 Å². The molecule has 2 heteroatoms. The van der Waals surface area contributed by atoms with Crippen LogP contribution in [0.4, 0.5) is 0 Å². The average molecular weight is 173 g/mol. The molecule has 0 atom stereocenters. The summed E-state index contributed by atoms with van der Waals surface area (Å²) in [6.07, 6.45) is 0. The summed E-state index contributed by atoms with van der Waals surface area (Å²) in [6.45, 7) is 0. The van der Waals surface area contributed by atoms with Gasteiger partial charge in [-0.05, 0) is 11.1 Å². The summed E-state index contributed by atoms with van der Waals surface area (Å²) in [5.74, 6) is 1.37. The summed E-state index contributed by atoms with van der Waals surface area (Å²) in [7, 11) is 0. The fraction of sp³-hybridized carbons (Fsp3) is 0.250. The highest BCUT2D eigenvalue weighted by Gasteiger charge is 1.90. The largest absolute Gasteiger partial charge is 0.175 e. The second-order valence-electron chi connectivity index (χ2n) is 2.11. The Morgan fingerprint density at radius 1 is 1.30 bits per heavy atom. The molecule has 0 fully saturated rings. The maximum atomic E-state index is 5.63. The van der Waals surface area contributed by atoms with Crippen molar-refractivity contribution in [2.45, 2.75) is 11.6 Å². The van der Waals surface area contributed by atoms with E-state index in [-0.39, 0.29) is 0 Å². The van der Waals surface area contributed by atoms with Gasteiger partial charge in [0.25, 0.3) is 0 Å². The molecule has 0 aliphatic heterocycles. The summed E-state index contributed by atoms with van der Waals surface area (Å²) in [5.41, 5.74) is 2.38. The van der Waals surface area contributed by atoms with Gasteiger partial charge in [-0.3, -0.25) is 0 Å². The zero-order valence-corrected chi connectivity index (χ0v) is 7.20. The molecule has 10 heavy (non-hydrogen) atoms. The van der Waals surface area contributed by atoms with Gasteiger partial charge in [0.1, 0.15) is 0 Å². The van der Waals surface area contributed by atoms with E-state index in [0.29, 0.717) is 5.88 Å². The van der Waals surface area contributed by atoms with Crippen molar-refractivity contribution in [2.75, 3.05) is 0 Å². The number of thiol groups is 1. The van der Waals surface area contributed by atoms with Gasteiger partial charge in [0, 0.05) is 11.6 Å². The molecule has 0 spiro atoms. The van der Waals surface area contributed by atoms with Crippen molar-refractivity contribution in [3.05, 3.63) is 35.4 Å². The first-order chi connectivity index (χ1) is 4.86. The first-order valence-corrected chi connectivity index (χ1v) is 4.28. The number of hydrogen-bond donors (Lipinski definition) is 1. The molecular weight excluding hydrogens is 164 g/mol. The Bertz CT molecular complexity index is 191. The Balaban J connectivity index is 2.87. The highest BCUT2D eigenvalue weighted by atomic mass is 35.5. The van der Waals surface area contributed by atoms with Crippen LogP contribution in [0.25, 0.3) is 0 Å². The van der Waals surface area contributed by atoms with Crippen molar-refractivity contribution in [1.29, 1.82) is 0 Å². The molecule has 54 valence electrons. The molecule has 1 rings (SSSR count). The lowest BCUT2D eigenvalue weighted by Crippen LogP contribution is -1.80. The molecule has 0 saturated heterocycles. The minimum atomic E-state index is 0.585. The van der Waals surface area contributed by atoms with Crippen LogP contribution in [0.1, 0.15) is 11.1 Å². The van der Waals surface area contributed by atoms with Crippen molar-refractivity contribution >= 4 is 24.2 Å². The normalized spacial score (nSPS) is 9.80. The molecule has 0 radical (unpaired) electrons. The quantitative estimate of drug-likeness (QED) is 0.515. The number of halogens is 1. The Labute approximate surface area is 71.6 Å². The van der Waals surface area contributed by atoms with E-state index in [1.807, 2.05) is 18.2 Å². The van der Waals surface area contributed by atoms with Gasteiger partial charge in [-0.2, -0.15) is 12.6 Å². The van der Waals surface area contributed by atoms with E-state index in [2.05, 4.69) is 18.7 Å². The van der Waals surface area contributed by atoms with Crippen molar-refractivity contribution in [3.8, 4) is 0 Å². The van der Waals surface area contributed by atoms with Crippen LogP contribution in [0.5, 0.6) is 0 Å². The number of hydrogen-bond acceptors (Lipinski definition) is 1. The topological polar surface area (TPSA) is 0 Å². The van der Waals surface area contributed by atoms with Gasteiger partial charge in [-0.15, -0.1) is 11.6 Å². The molecule has 0 amide bonds. The third-order valence-electron chi connectivity index (χ3n) is 1.33. The fourth-order valence-corrected chi connectivity index (χ4v) is 1.17. The van der Waals surface area contributed by atoms with Gasteiger partial charge in [-0.25, -0.2) is 0 Å². The average Bonchev–Trinajstić information content (AvgIpc) is 2.05. The summed E-state index contributed by atoms with van der Waals surface area (Å²) in [6, 6.07) is 8.13. The second-order valence-corrected chi connectivity index (χ2v) is 2.70. The third kappa shape index (κ3) is 1.93. The monoisotopic (exact) mass is 172 g/mol. The Morgan fingerprint density at radius 3 is 2.60 bits per heavy atom. The second kappa shape index (κ2) is 3.89. The number of benzene rings is 1. The van der Waals surface area contributed by atoms with Gasteiger partial charge < -0.3 is 0 Å². The molecule has 0 unspecified atom stereocenters. The van der Waals surface area contributed by atoms with E-state index >= 15 is 0 Å². The molecule has 0 aliphatic rings. The smallest absolute Gasteiger partial charge is 0.0474 e. The summed E-state index contributed by atoms with van der Waals surface area (Å²) < 4.78 is 0. The van der Waals surface area contributed by atoms with Crippen molar-refractivity contribution < 1.29 is 0 Å². The standard InChI is InChI=1S/C8H9ClS/c9-5-7-2-1-3-8(4-7)6-10/h1-4,10H,5-6H2. The maximum absolute atomic E-state index is 5.63. The molecule has 0 nitrogen and oxygen atoms in total. The lowest BCUT2D eigenvalue weighted by Gasteiger charge is -1.97. The van der Waals surface area contributed by atoms with E-state index in [1.165, 1.54) is 5.56 Å². The van der Waals surface area contributed by atoms with Crippen LogP contribution < -0.4 is 0 Å². The highest BCUT2D eigenvalue weighted by Crippen LogP contribution is 2.08. The Hall–Kier alpha value is -0.140. The lowest BCUT2D eigenvalue weighted by atomic mass is 10.2. The van der Waals surface area contributed by atoms with Gasteiger partial charge in [-0.1, -0.05) is 24.3 Å². The molecule has 1 aromatic rings. The molecule has 0 bridgehead atoms. The van der Waals surface area contributed by atoms with Crippen LogP contribution in [0, 0.1) is 0 Å². The van der Waals surface area contributed by atoms with Crippen LogP contribution in [0.15, 0.2) is 24.3 Å². The SMILES string of the molecule is SCc1cccc(CCl)c1. The van der Waals surface area contributed by atoms with Crippen LogP contribution in [0.3, 0.4) is 0 Å². The predicted octanol–water partition coefficient (Wildman–Crippen LogP) is 2.86. The predicted molar refractivity (Wildman–Crippen MR) is 48.7 cm³/mol. The summed E-state index contributed by atoms with van der Waals surface area (Å²) in [4.78, 5) is 0. The van der Waals surface area contributed by atoms with Crippen molar-refractivity contribution in [2.24, 2.45) is 0 Å². The number of rotatable bonds is 2. The lowest BCUT2D eigenvalue weighted by molar-refractivity contribution is 1.33. The van der Waals surface area contributed by atoms with Crippen LogP contribution in [0.2, 0.25) is 0 Å². The maximum Gasteiger partial charge on any atom is 0.0474 e. The number of alkyl halides is 1. The third-order valence-corrected chi connectivity index (χ3v) is 2.00. The molecule has 0 aromatic heterocycles. The molecule has 0 heterocycles. The van der Waals surface area contributed by atoms with Crippen LogP contribution >= 0.6 is 24.2 Å². The molecule has 0 N–H and O–H groups in total. The minimum Gasteiger partial charge on any atom is -0.175 e. The minimum absolute atomic E-state index is 0.585. The molecule has 1 aromatic carbocycles. The zero-order valence-electron chi connectivity index (χ0n) is 5.55. The first-order valence-electron chi connectivity index (χ1n) is 3.11. The first kappa shape index (κ1) is 7.96. The fourth-order valence-electron chi connectivity index (χ4n) is 0.811. The molecular formula is C8H9ClS. The van der Waals surface area contributed by atoms with Crippen molar-refractivity contribution in [3.63, 3.8) is 0 Å². The van der Waals surface area contributed by atoms with Crippen LogP contribution in [-0.2, 0) is 11.6 Å². The van der Waals surface area contributed by atoms with Gasteiger partial charge in [0.05, 0.1) is 0 Å². The van der Waals surface area contributed by atoms with E-state index in [1.54, 1.807) is 0 Å². The van der Waals surface area contributed by atoms with Gasteiger partial charge in [0.15, 0.2) is 0 Å². The summed E-state index contributed by atoms with van der Waals surface area (Å²) >= 11 is 9.78.